The summed E-state index contributed by atoms with van der Waals surface area (Å²) in [6.45, 7) is 6.26. The van der Waals surface area contributed by atoms with Crippen molar-refractivity contribution in [2.24, 2.45) is 7.05 Å². The number of aromatic nitrogens is 1. The van der Waals surface area contributed by atoms with Crippen LogP contribution in [0.1, 0.15) is 25.0 Å². The van der Waals surface area contributed by atoms with Gasteiger partial charge in [-0.2, -0.15) is 0 Å². The highest BCUT2D eigenvalue weighted by molar-refractivity contribution is 5.74. The smallest absolute Gasteiger partial charge is 0.212 e. The number of benzene rings is 2. The number of hydrogen-bond donors (Lipinski definition) is 0. The fourth-order valence-electron chi connectivity index (χ4n) is 5.24. The summed E-state index contributed by atoms with van der Waals surface area (Å²) in [7, 11) is 6.23. The van der Waals surface area contributed by atoms with Gasteiger partial charge in [0.2, 0.25) is 5.69 Å². The Kier molecular flexibility index (Phi) is 4.86. The minimum absolute atomic E-state index is 0.192. The van der Waals surface area contributed by atoms with Crippen LogP contribution in [0.4, 0.5) is 11.4 Å². The Morgan fingerprint density at radius 2 is 1.81 bits per heavy atom. The molecular formula is C28H32N3O+. The number of ether oxygens (including phenoxy) is 1. The Bertz CT molecular complexity index is 1180. The van der Waals surface area contributed by atoms with E-state index in [0.717, 1.165) is 13.2 Å². The van der Waals surface area contributed by atoms with Gasteiger partial charge in [0.05, 0.1) is 6.61 Å². The Hall–Kier alpha value is -3.11. The zero-order chi connectivity index (χ0) is 22.5. The van der Waals surface area contributed by atoms with E-state index in [-0.39, 0.29) is 5.41 Å². The Morgan fingerprint density at radius 1 is 1.03 bits per heavy atom. The first-order chi connectivity index (χ1) is 15.3. The molecule has 164 valence electrons. The van der Waals surface area contributed by atoms with Crippen molar-refractivity contribution in [3.63, 3.8) is 0 Å². The fraction of sp³-hybridized carbons (Fsp3) is 0.321. The van der Waals surface area contributed by atoms with Crippen LogP contribution in [0.3, 0.4) is 0 Å². The molecule has 0 radical (unpaired) electrons. The average molecular weight is 427 g/mol. The van der Waals surface area contributed by atoms with Crippen molar-refractivity contribution in [1.82, 2.24) is 0 Å². The van der Waals surface area contributed by atoms with Crippen LogP contribution in [0.25, 0.3) is 17.3 Å². The molecule has 3 heterocycles. The van der Waals surface area contributed by atoms with Crippen molar-refractivity contribution in [2.75, 3.05) is 37.0 Å². The van der Waals surface area contributed by atoms with Gasteiger partial charge in [-0.05, 0) is 53.6 Å². The summed E-state index contributed by atoms with van der Waals surface area (Å²) in [6.07, 6.45) is 6.58. The molecule has 1 unspecified atom stereocenters. The summed E-state index contributed by atoms with van der Waals surface area (Å²) in [5, 5.41) is 0. The van der Waals surface area contributed by atoms with Gasteiger partial charge in [-0.15, -0.1) is 0 Å². The Morgan fingerprint density at radius 3 is 2.53 bits per heavy atom. The average Bonchev–Trinajstić information content (AvgIpc) is 3.30. The van der Waals surface area contributed by atoms with Gasteiger partial charge in [0.1, 0.15) is 7.05 Å². The highest BCUT2D eigenvalue weighted by atomic mass is 16.5. The molecule has 0 amide bonds. The summed E-state index contributed by atoms with van der Waals surface area (Å²) < 4.78 is 8.72. The molecule has 32 heavy (non-hydrogen) atoms. The van der Waals surface area contributed by atoms with E-state index in [2.05, 4.69) is 128 Å². The normalized spacial score (nSPS) is 21.1. The number of nitrogens with zero attached hydrogens (tertiary/aromatic N) is 3. The summed E-state index contributed by atoms with van der Waals surface area (Å²) >= 11 is 0. The molecule has 1 fully saturated rings. The lowest BCUT2D eigenvalue weighted by molar-refractivity contribution is -0.660. The van der Waals surface area contributed by atoms with E-state index >= 15 is 0 Å². The standard InChI is InChI=1S/C28H32N3O/c1-27(2)24-20-22(25-8-6-7-17-30(25)5)11-14-26(24)31-18-19-32-28(27,31)16-15-21-9-12-23(13-10-21)29(3)4/h6-17,20H,18-19H2,1-5H3/q+1. The van der Waals surface area contributed by atoms with Gasteiger partial charge >= 0.3 is 0 Å². The molecule has 0 aliphatic carbocycles. The Balaban J connectivity index is 1.54. The van der Waals surface area contributed by atoms with Gasteiger partial charge < -0.3 is 14.5 Å². The second kappa shape index (κ2) is 7.49. The van der Waals surface area contributed by atoms with E-state index in [0.29, 0.717) is 0 Å². The molecule has 2 aliphatic heterocycles. The third-order valence-electron chi connectivity index (χ3n) is 7.16. The van der Waals surface area contributed by atoms with Crippen molar-refractivity contribution >= 4 is 17.5 Å². The Labute approximate surface area is 191 Å². The maximum absolute atomic E-state index is 6.54. The maximum atomic E-state index is 6.54. The molecule has 1 aromatic heterocycles. The van der Waals surface area contributed by atoms with Crippen LogP contribution in [0.15, 0.2) is 72.9 Å². The minimum Gasteiger partial charge on any atom is -0.378 e. The number of rotatable bonds is 4. The minimum atomic E-state index is -0.479. The predicted molar refractivity (Wildman–Crippen MR) is 132 cm³/mol. The van der Waals surface area contributed by atoms with E-state index in [4.69, 9.17) is 4.74 Å². The topological polar surface area (TPSA) is 19.6 Å². The molecule has 1 atom stereocenters. The molecule has 2 aliphatic rings. The highest BCUT2D eigenvalue weighted by Gasteiger charge is 2.59. The molecule has 0 spiro atoms. The molecule has 0 bridgehead atoms. The van der Waals surface area contributed by atoms with Crippen LogP contribution in [0.5, 0.6) is 0 Å². The molecule has 4 nitrogen and oxygen atoms in total. The van der Waals surface area contributed by atoms with Crippen LogP contribution in [-0.2, 0) is 17.2 Å². The molecule has 1 saturated heterocycles. The summed E-state index contributed by atoms with van der Waals surface area (Å²) in [4.78, 5) is 4.57. The lowest BCUT2D eigenvalue weighted by Crippen LogP contribution is -2.51. The van der Waals surface area contributed by atoms with Gasteiger partial charge in [-0.3, -0.25) is 0 Å². The number of aryl methyl sites for hydroxylation is 1. The molecule has 4 heteroatoms. The first-order valence-corrected chi connectivity index (χ1v) is 11.3. The van der Waals surface area contributed by atoms with E-state index in [1.165, 1.54) is 33.8 Å². The van der Waals surface area contributed by atoms with Crippen molar-refractivity contribution < 1.29 is 9.30 Å². The van der Waals surface area contributed by atoms with Gasteiger partial charge in [-0.1, -0.05) is 32.1 Å². The van der Waals surface area contributed by atoms with Crippen molar-refractivity contribution in [3.05, 3.63) is 84.1 Å². The second-order valence-corrected chi connectivity index (χ2v) is 9.57. The van der Waals surface area contributed by atoms with Gasteiger partial charge in [0, 0.05) is 55.1 Å². The van der Waals surface area contributed by atoms with Crippen LogP contribution >= 0.6 is 0 Å². The van der Waals surface area contributed by atoms with Crippen LogP contribution in [0, 0.1) is 0 Å². The highest BCUT2D eigenvalue weighted by Crippen LogP contribution is 2.55. The molecule has 2 aromatic carbocycles. The van der Waals surface area contributed by atoms with Gasteiger partial charge in [-0.25, -0.2) is 4.57 Å². The zero-order valence-electron chi connectivity index (χ0n) is 19.7. The molecule has 3 aromatic rings. The number of anilines is 2. The van der Waals surface area contributed by atoms with Crippen LogP contribution in [-0.4, -0.2) is 33.0 Å². The third kappa shape index (κ3) is 3.05. The zero-order valence-corrected chi connectivity index (χ0v) is 19.7. The van der Waals surface area contributed by atoms with E-state index in [1.54, 1.807) is 0 Å². The molecule has 5 rings (SSSR count). The van der Waals surface area contributed by atoms with E-state index < -0.39 is 5.72 Å². The first kappa shape index (κ1) is 20.8. The van der Waals surface area contributed by atoms with Gasteiger partial charge in [0.25, 0.3) is 0 Å². The maximum Gasteiger partial charge on any atom is 0.212 e. The van der Waals surface area contributed by atoms with Crippen molar-refractivity contribution in [1.29, 1.82) is 0 Å². The number of pyridine rings is 1. The summed E-state index contributed by atoms with van der Waals surface area (Å²) in [6, 6.07) is 21.9. The van der Waals surface area contributed by atoms with E-state index in [1.807, 2.05) is 0 Å². The lowest BCUT2D eigenvalue weighted by Gasteiger charge is -2.39. The molecular weight excluding hydrogens is 394 g/mol. The molecule has 0 N–H and O–H groups in total. The fourth-order valence-corrected chi connectivity index (χ4v) is 5.24. The lowest BCUT2D eigenvalue weighted by atomic mass is 9.76. The summed E-state index contributed by atoms with van der Waals surface area (Å²) in [5.41, 5.74) is 6.78. The van der Waals surface area contributed by atoms with Crippen molar-refractivity contribution in [2.45, 2.75) is 25.0 Å². The van der Waals surface area contributed by atoms with Crippen molar-refractivity contribution in [3.8, 4) is 11.3 Å². The number of fused-ring (bicyclic) bond motifs is 3. The van der Waals surface area contributed by atoms with Crippen LogP contribution < -0.4 is 14.4 Å². The predicted octanol–water partition coefficient (Wildman–Crippen LogP) is 4.78. The third-order valence-corrected chi connectivity index (χ3v) is 7.16. The van der Waals surface area contributed by atoms with E-state index in [9.17, 15) is 0 Å². The number of hydrogen-bond acceptors (Lipinski definition) is 3. The monoisotopic (exact) mass is 426 g/mol. The summed E-state index contributed by atoms with van der Waals surface area (Å²) in [5.74, 6) is 0. The quantitative estimate of drug-likeness (QED) is 0.560. The van der Waals surface area contributed by atoms with Crippen LogP contribution in [0.2, 0.25) is 0 Å². The first-order valence-electron chi connectivity index (χ1n) is 11.3. The second-order valence-electron chi connectivity index (χ2n) is 9.57. The SMILES string of the molecule is CN(C)c1ccc(C=CC23OCCN2c2ccc(-c4cccc[n+]4C)cc2C3(C)C)cc1. The molecule has 0 saturated carbocycles. The largest absolute Gasteiger partial charge is 0.378 e. The van der Waals surface area contributed by atoms with Gasteiger partial charge in [0.15, 0.2) is 11.9 Å².